The van der Waals surface area contributed by atoms with Crippen LogP contribution in [0.2, 0.25) is 0 Å². The molecule has 4 nitrogen and oxygen atoms in total. The van der Waals surface area contributed by atoms with E-state index in [0.29, 0.717) is 38.2 Å². The highest BCUT2D eigenvalue weighted by molar-refractivity contribution is 5.65. The number of carbonyl (C=O) groups excluding carboxylic acids is 1. The molecule has 0 aromatic heterocycles. The molecular formula is C16H23NO3. The minimum atomic E-state index is -1.14. The lowest BCUT2D eigenvalue weighted by molar-refractivity contribution is -0.141. The summed E-state index contributed by atoms with van der Waals surface area (Å²) in [5.41, 5.74) is -1.14. The molecule has 0 aromatic rings. The van der Waals surface area contributed by atoms with Gasteiger partial charge in [0.15, 0.2) is 0 Å². The summed E-state index contributed by atoms with van der Waals surface area (Å²) >= 11 is 0. The van der Waals surface area contributed by atoms with Crippen LogP contribution in [0.15, 0.2) is 0 Å². The molecule has 0 spiro atoms. The molecule has 0 bridgehead atoms. The molecule has 0 unspecified atom stereocenters. The minimum absolute atomic E-state index is 0.0982. The summed E-state index contributed by atoms with van der Waals surface area (Å²) in [6, 6.07) is 2.19. The highest BCUT2D eigenvalue weighted by Gasteiger charge is 2.44. The van der Waals surface area contributed by atoms with Crippen molar-refractivity contribution in [3.05, 3.63) is 0 Å². The van der Waals surface area contributed by atoms with E-state index in [2.05, 4.69) is 18.9 Å². The predicted octanol–water partition coefficient (Wildman–Crippen LogP) is 2.27. The van der Waals surface area contributed by atoms with Crippen molar-refractivity contribution in [3.63, 3.8) is 0 Å². The maximum Gasteiger partial charge on any atom is 0.302 e. The van der Waals surface area contributed by atoms with Crippen LogP contribution in [0, 0.1) is 41.4 Å². The molecule has 0 heterocycles. The first-order valence-corrected chi connectivity index (χ1v) is 7.13. The van der Waals surface area contributed by atoms with Gasteiger partial charge in [0.1, 0.15) is 5.60 Å². The van der Waals surface area contributed by atoms with Gasteiger partial charge in [0.25, 0.3) is 0 Å². The normalized spacial score (nSPS) is 33.0. The van der Waals surface area contributed by atoms with Crippen molar-refractivity contribution in [2.75, 3.05) is 6.61 Å². The van der Waals surface area contributed by atoms with Crippen molar-refractivity contribution in [2.45, 2.75) is 51.6 Å². The number of terminal acetylenes is 1. The lowest BCUT2D eigenvalue weighted by atomic mass is 9.63. The van der Waals surface area contributed by atoms with Crippen molar-refractivity contribution >= 4 is 5.97 Å². The maximum absolute atomic E-state index is 10.7. The van der Waals surface area contributed by atoms with E-state index in [1.807, 2.05) is 0 Å². The van der Waals surface area contributed by atoms with Gasteiger partial charge in [-0.05, 0) is 37.5 Å². The zero-order valence-corrected chi connectivity index (χ0v) is 12.3. The van der Waals surface area contributed by atoms with Crippen LogP contribution < -0.4 is 0 Å². The predicted molar refractivity (Wildman–Crippen MR) is 75.3 cm³/mol. The Kier molecular flexibility index (Phi) is 6.05. The second-order valence-electron chi connectivity index (χ2n) is 5.82. The third-order valence-electron chi connectivity index (χ3n) is 4.12. The summed E-state index contributed by atoms with van der Waals surface area (Å²) < 4.78 is 4.91. The third-order valence-corrected chi connectivity index (χ3v) is 4.12. The Bertz CT molecular complexity index is 420. The summed E-state index contributed by atoms with van der Waals surface area (Å²) in [5.74, 6) is 2.57. The lowest BCUT2D eigenvalue weighted by Crippen LogP contribution is -2.46. The summed E-state index contributed by atoms with van der Waals surface area (Å²) in [5, 5.41) is 19.6. The van der Waals surface area contributed by atoms with Crippen LogP contribution in [0.3, 0.4) is 0 Å². The zero-order valence-electron chi connectivity index (χ0n) is 12.3. The van der Waals surface area contributed by atoms with E-state index in [0.717, 1.165) is 6.42 Å². The number of rotatable bonds is 5. The van der Waals surface area contributed by atoms with Gasteiger partial charge in [0.05, 0.1) is 12.7 Å². The molecule has 110 valence electrons. The van der Waals surface area contributed by atoms with Crippen molar-refractivity contribution in [2.24, 2.45) is 17.8 Å². The standard InChI is InChI=1S/C16H23NO3/c1-4-16(19)11-12(2)10-14(7-8-17)15(16)6-5-9-20-13(3)18/h1,12,14-15,19H,5-7,9-11H2,2-3H3/t12-,14-,15-,16+/m1/s1. The fourth-order valence-corrected chi connectivity index (χ4v) is 3.34. The number of nitriles is 1. The highest BCUT2D eigenvalue weighted by atomic mass is 16.5. The van der Waals surface area contributed by atoms with Crippen LogP contribution >= 0.6 is 0 Å². The van der Waals surface area contributed by atoms with Gasteiger partial charge in [-0.15, -0.1) is 6.42 Å². The van der Waals surface area contributed by atoms with E-state index < -0.39 is 5.60 Å². The molecule has 1 fully saturated rings. The van der Waals surface area contributed by atoms with E-state index >= 15 is 0 Å². The first-order valence-electron chi connectivity index (χ1n) is 7.13. The molecule has 4 atom stereocenters. The average Bonchev–Trinajstić information content (AvgIpc) is 2.36. The molecule has 0 aliphatic heterocycles. The van der Waals surface area contributed by atoms with Crippen molar-refractivity contribution in [1.82, 2.24) is 0 Å². The molecule has 1 N–H and O–H groups in total. The molecule has 0 amide bonds. The van der Waals surface area contributed by atoms with Gasteiger partial charge >= 0.3 is 5.97 Å². The van der Waals surface area contributed by atoms with Gasteiger partial charge in [-0.1, -0.05) is 12.8 Å². The topological polar surface area (TPSA) is 70.3 Å². The van der Waals surface area contributed by atoms with Crippen LogP contribution in [0.5, 0.6) is 0 Å². The average molecular weight is 277 g/mol. The fraction of sp³-hybridized carbons (Fsp3) is 0.750. The van der Waals surface area contributed by atoms with Crippen molar-refractivity contribution in [3.8, 4) is 18.4 Å². The number of aliphatic hydroxyl groups is 1. The summed E-state index contributed by atoms with van der Waals surface area (Å²) in [6.45, 7) is 3.77. The Morgan fingerprint density at radius 1 is 1.60 bits per heavy atom. The van der Waals surface area contributed by atoms with E-state index in [1.54, 1.807) is 0 Å². The number of nitrogens with zero attached hydrogens (tertiary/aromatic N) is 1. The number of ether oxygens (including phenoxy) is 1. The van der Waals surface area contributed by atoms with E-state index in [4.69, 9.17) is 16.4 Å². The van der Waals surface area contributed by atoms with Crippen molar-refractivity contribution < 1.29 is 14.6 Å². The van der Waals surface area contributed by atoms with Crippen molar-refractivity contribution in [1.29, 1.82) is 5.26 Å². The SMILES string of the molecule is C#C[C@]1(O)C[C@H](C)C[C@@H](CC#N)[C@H]1CCCOC(C)=O. The Balaban J connectivity index is 2.71. The van der Waals surface area contributed by atoms with Crippen LogP contribution in [0.25, 0.3) is 0 Å². The van der Waals surface area contributed by atoms with E-state index in [9.17, 15) is 9.90 Å². The Morgan fingerprint density at radius 3 is 2.85 bits per heavy atom. The first-order chi connectivity index (χ1) is 9.42. The molecule has 0 aromatic carbocycles. The molecule has 4 heteroatoms. The maximum atomic E-state index is 10.7. The van der Waals surface area contributed by atoms with Crippen LogP contribution in [0.1, 0.15) is 46.0 Å². The molecule has 20 heavy (non-hydrogen) atoms. The van der Waals surface area contributed by atoms with Gasteiger partial charge in [0, 0.05) is 19.3 Å². The number of hydrogen-bond donors (Lipinski definition) is 1. The number of esters is 1. The summed E-state index contributed by atoms with van der Waals surface area (Å²) in [7, 11) is 0. The van der Waals surface area contributed by atoms with Gasteiger partial charge < -0.3 is 9.84 Å². The Labute approximate surface area is 121 Å². The molecule has 0 radical (unpaired) electrons. The Hall–Kier alpha value is -1.52. The molecule has 0 saturated heterocycles. The van der Waals surface area contributed by atoms with Gasteiger partial charge in [-0.25, -0.2) is 0 Å². The first kappa shape index (κ1) is 16.5. The summed E-state index contributed by atoms with van der Waals surface area (Å²) in [4.78, 5) is 10.7. The van der Waals surface area contributed by atoms with Gasteiger partial charge in [-0.2, -0.15) is 5.26 Å². The van der Waals surface area contributed by atoms with E-state index in [-0.39, 0.29) is 17.8 Å². The number of hydrogen-bond acceptors (Lipinski definition) is 4. The van der Waals surface area contributed by atoms with Crippen LogP contribution in [-0.4, -0.2) is 23.3 Å². The van der Waals surface area contributed by atoms with Gasteiger partial charge in [0.2, 0.25) is 0 Å². The largest absolute Gasteiger partial charge is 0.466 e. The molecule has 1 rings (SSSR count). The molecule has 1 aliphatic rings. The zero-order chi connectivity index (χ0) is 15.2. The quantitative estimate of drug-likeness (QED) is 0.475. The molecule has 1 aliphatic carbocycles. The fourth-order valence-electron chi connectivity index (χ4n) is 3.34. The Morgan fingerprint density at radius 2 is 2.30 bits per heavy atom. The third kappa shape index (κ3) is 4.25. The highest BCUT2D eigenvalue weighted by Crippen LogP contribution is 2.44. The smallest absolute Gasteiger partial charge is 0.302 e. The molecule has 1 saturated carbocycles. The van der Waals surface area contributed by atoms with E-state index in [1.165, 1.54) is 6.92 Å². The van der Waals surface area contributed by atoms with Crippen LogP contribution in [-0.2, 0) is 9.53 Å². The molecular weight excluding hydrogens is 254 g/mol. The summed E-state index contributed by atoms with van der Waals surface area (Å²) in [6.07, 6.45) is 8.76. The monoisotopic (exact) mass is 277 g/mol. The second kappa shape index (κ2) is 7.31. The number of carbonyl (C=O) groups is 1. The second-order valence-corrected chi connectivity index (χ2v) is 5.82. The minimum Gasteiger partial charge on any atom is -0.466 e. The lowest BCUT2D eigenvalue weighted by Gasteiger charge is -2.44. The van der Waals surface area contributed by atoms with Gasteiger partial charge in [-0.3, -0.25) is 4.79 Å². The van der Waals surface area contributed by atoms with Crippen LogP contribution in [0.4, 0.5) is 0 Å².